The summed E-state index contributed by atoms with van der Waals surface area (Å²) < 4.78 is 22.2. The second kappa shape index (κ2) is 4.24. The highest BCUT2D eigenvalue weighted by atomic mass is 32.2. The molecule has 2 N–H and O–H groups in total. The van der Waals surface area contributed by atoms with Gasteiger partial charge in [-0.2, -0.15) is 0 Å². The Kier molecular flexibility index (Phi) is 3.46. The van der Waals surface area contributed by atoms with Crippen LogP contribution in [-0.4, -0.2) is 66.7 Å². The van der Waals surface area contributed by atoms with E-state index in [-0.39, 0.29) is 24.7 Å². The number of aliphatic hydroxyl groups is 2. The molecule has 0 spiro atoms. The molecule has 1 aliphatic heterocycles. The number of amides is 1. The number of carbonyl (C=O) groups excluding carboxylic acids is 1. The molecule has 0 saturated carbocycles. The molecule has 0 aromatic heterocycles. The first-order valence-corrected chi connectivity index (χ1v) is 6.02. The van der Waals surface area contributed by atoms with Crippen LogP contribution in [0.25, 0.3) is 0 Å². The first-order chi connectivity index (χ1) is 6.50. The van der Waals surface area contributed by atoms with E-state index in [2.05, 4.69) is 0 Å². The van der Waals surface area contributed by atoms with Gasteiger partial charge in [0.25, 0.3) is 0 Å². The standard InChI is InChI=1S/C7H13NO5S/c9-2-1-8(5-10)6-3-14(12,13)4-7(6)11/h5-7,9,11H,1-4H2/t6-,7-/m1/s1. The van der Waals surface area contributed by atoms with Gasteiger partial charge >= 0.3 is 0 Å². The predicted molar refractivity (Wildman–Crippen MR) is 48.3 cm³/mol. The monoisotopic (exact) mass is 223 g/mol. The average molecular weight is 223 g/mol. The molecule has 1 rings (SSSR count). The Morgan fingerprint density at radius 2 is 2.07 bits per heavy atom. The van der Waals surface area contributed by atoms with Gasteiger partial charge < -0.3 is 15.1 Å². The zero-order valence-electron chi connectivity index (χ0n) is 7.54. The van der Waals surface area contributed by atoms with Crippen molar-refractivity contribution in [3.63, 3.8) is 0 Å². The lowest BCUT2D eigenvalue weighted by Crippen LogP contribution is -2.43. The number of carbonyl (C=O) groups is 1. The van der Waals surface area contributed by atoms with E-state index in [1.807, 2.05) is 0 Å². The maximum absolute atomic E-state index is 11.1. The zero-order valence-corrected chi connectivity index (χ0v) is 8.35. The lowest BCUT2D eigenvalue weighted by molar-refractivity contribution is -0.122. The van der Waals surface area contributed by atoms with Gasteiger partial charge in [0.2, 0.25) is 6.41 Å². The number of rotatable bonds is 4. The summed E-state index contributed by atoms with van der Waals surface area (Å²) in [5.41, 5.74) is 0. The highest BCUT2D eigenvalue weighted by Crippen LogP contribution is 2.17. The molecule has 0 unspecified atom stereocenters. The molecule has 0 aromatic carbocycles. The number of nitrogens with zero attached hydrogens (tertiary/aromatic N) is 1. The fourth-order valence-corrected chi connectivity index (χ4v) is 3.35. The SMILES string of the molecule is O=CN(CCO)[C@@H]1CS(=O)(=O)C[C@H]1O. The largest absolute Gasteiger partial charge is 0.395 e. The highest BCUT2D eigenvalue weighted by Gasteiger charge is 2.39. The maximum Gasteiger partial charge on any atom is 0.210 e. The molecule has 0 radical (unpaired) electrons. The summed E-state index contributed by atoms with van der Waals surface area (Å²) >= 11 is 0. The third kappa shape index (κ3) is 2.43. The van der Waals surface area contributed by atoms with Crippen molar-refractivity contribution in [2.24, 2.45) is 0 Å². The molecule has 1 fully saturated rings. The number of aliphatic hydroxyl groups excluding tert-OH is 2. The van der Waals surface area contributed by atoms with Crippen molar-refractivity contribution in [3.05, 3.63) is 0 Å². The van der Waals surface area contributed by atoms with Gasteiger partial charge in [0.15, 0.2) is 9.84 Å². The molecular weight excluding hydrogens is 210 g/mol. The van der Waals surface area contributed by atoms with Crippen molar-refractivity contribution in [1.82, 2.24) is 4.90 Å². The molecule has 0 aliphatic carbocycles. The summed E-state index contributed by atoms with van der Waals surface area (Å²) in [5.74, 6) is -0.541. The van der Waals surface area contributed by atoms with Crippen LogP contribution in [0.15, 0.2) is 0 Å². The van der Waals surface area contributed by atoms with Gasteiger partial charge in [-0.3, -0.25) is 4.79 Å². The molecule has 82 valence electrons. The van der Waals surface area contributed by atoms with Crippen LogP contribution in [0, 0.1) is 0 Å². The Morgan fingerprint density at radius 1 is 1.43 bits per heavy atom. The van der Waals surface area contributed by atoms with E-state index in [0.717, 1.165) is 4.90 Å². The summed E-state index contributed by atoms with van der Waals surface area (Å²) in [4.78, 5) is 11.7. The van der Waals surface area contributed by atoms with Gasteiger partial charge in [-0.1, -0.05) is 0 Å². The number of hydrogen-bond acceptors (Lipinski definition) is 5. The lowest BCUT2D eigenvalue weighted by Gasteiger charge is -2.25. The van der Waals surface area contributed by atoms with Gasteiger partial charge in [0.1, 0.15) is 0 Å². The molecule has 1 heterocycles. The van der Waals surface area contributed by atoms with Crippen molar-refractivity contribution in [1.29, 1.82) is 0 Å². The van der Waals surface area contributed by atoms with Crippen LogP contribution in [0.5, 0.6) is 0 Å². The second-order valence-corrected chi connectivity index (χ2v) is 5.43. The van der Waals surface area contributed by atoms with Gasteiger partial charge in [0, 0.05) is 6.54 Å². The molecule has 0 bridgehead atoms. The zero-order chi connectivity index (χ0) is 10.8. The molecule has 1 amide bonds. The topological polar surface area (TPSA) is 94.9 Å². The van der Waals surface area contributed by atoms with E-state index in [1.165, 1.54) is 0 Å². The smallest absolute Gasteiger partial charge is 0.210 e. The first kappa shape index (κ1) is 11.4. The molecule has 1 saturated heterocycles. The van der Waals surface area contributed by atoms with Crippen LogP contribution in [-0.2, 0) is 14.6 Å². The van der Waals surface area contributed by atoms with E-state index in [0.29, 0.717) is 6.41 Å². The summed E-state index contributed by atoms with van der Waals surface area (Å²) in [6.07, 6.45) is -0.595. The van der Waals surface area contributed by atoms with Crippen LogP contribution in [0.3, 0.4) is 0 Å². The predicted octanol–water partition coefficient (Wildman–Crippen LogP) is -2.40. The van der Waals surface area contributed by atoms with Crippen molar-refractivity contribution in [3.8, 4) is 0 Å². The normalized spacial score (nSPS) is 30.1. The summed E-state index contributed by atoms with van der Waals surface area (Å²) in [6.45, 7) is -0.206. The third-order valence-electron chi connectivity index (χ3n) is 2.21. The van der Waals surface area contributed by atoms with Gasteiger partial charge in [0.05, 0.1) is 30.3 Å². The Morgan fingerprint density at radius 3 is 2.43 bits per heavy atom. The molecule has 6 nitrogen and oxygen atoms in total. The van der Waals surface area contributed by atoms with Crippen LogP contribution < -0.4 is 0 Å². The highest BCUT2D eigenvalue weighted by molar-refractivity contribution is 7.91. The van der Waals surface area contributed by atoms with Crippen LogP contribution >= 0.6 is 0 Å². The van der Waals surface area contributed by atoms with Crippen LogP contribution in [0.2, 0.25) is 0 Å². The summed E-state index contributed by atoms with van der Waals surface area (Å²) in [7, 11) is -3.25. The lowest BCUT2D eigenvalue weighted by atomic mass is 10.2. The van der Waals surface area contributed by atoms with Crippen LogP contribution in [0.1, 0.15) is 0 Å². The average Bonchev–Trinajstić information content (AvgIpc) is 2.35. The quantitative estimate of drug-likeness (QED) is 0.518. The molecule has 14 heavy (non-hydrogen) atoms. The van der Waals surface area contributed by atoms with Crippen molar-refractivity contribution in [2.45, 2.75) is 12.1 Å². The Labute approximate surface area is 82.1 Å². The molecule has 0 aromatic rings. The van der Waals surface area contributed by atoms with Crippen molar-refractivity contribution >= 4 is 16.2 Å². The number of hydrogen-bond donors (Lipinski definition) is 2. The minimum absolute atomic E-state index is 0.0424. The van der Waals surface area contributed by atoms with Gasteiger partial charge in [-0.25, -0.2) is 8.42 Å². The Bertz CT molecular complexity index is 301. The third-order valence-corrected chi connectivity index (χ3v) is 3.91. The minimum Gasteiger partial charge on any atom is -0.395 e. The van der Waals surface area contributed by atoms with E-state index in [1.54, 1.807) is 0 Å². The summed E-state index contributed by atoms with van der Waals surface area (Å²) in [5, 5.41) is 18.0. The molecular formula is C7H13NO5S. The molecule has 2 atom stereocenters. The van der Waals surface area contributed by atoms with Crippen LogP contribution in [0.4, 0.5) is 0 Å². The van der Waals surface area contributed by atoms with Gasteiger partial charge in [-0.15, -0.1) is 0 Å². The van der Waals surface area contributed by atoms with E-state index < -0.39 is 22.0 Å². The Balaban J connectivity index is 2.72. The maximum atomic E-state index is 11.1. The van der Waals surface area contributed by atoms with E-state index >= 15 is 0 Å². The number of sulfone groups is 1. The first-order valence-electron chi connectivity index (χ1n) is 4.20. The van der Waals surface area contributed by atoms with Crippen molar-refractivity contribution in [2.75, 3.05) is 24.7 Å². The van der Waals surface area contributed by atoms with E-state index in [4.69, 9.17) is 5.11 Å². The summed E-state index contributed by atoms with van der Waals surface area (Å²) in [6, 6.07) is -0.718. The van der Waals surface area contributed by atoms with Gasteiger partial charge in [-0.05, 0) is 0 Å². The fraction of sp³-hybridized carbons (Fsp3) is 0.857. The van der Waals surface area contributed by atoms with Crippen molar-refractivity contribution < 1.29 is 23.4 Å². The second-order valence-electron chi connectivity index (χ2n) is 3.28. The molecule has 7 heteroatoms. The molecule has 1 aliphatic rings. The Hall–Kier alpha value is -0.660. The van der Waals surface area contributed by atoms with E-state index in [9.17, 15) is 18.3 Å². The fourth-order valence-electron chi connectivity index (χ4n) is 1.54. The minimum atomic E-state index is -3.25.